The Morgan fingerprint density at radius 2 is 1.75 bits per heavy atom. The number of amides is 1. The Labute approximate surface area is 74.9 Å². The minimum atomic E-state index is 0.322. The lowest BCUT2D eigenvalue weighted by Gasteiger charge is -2.13. The molecule has 1 saturated heterocycles. The van der Waals surface area contributed by atoms with Gasteiger partial charge in [0, 0.05) is 19.0 Å². The van der Waals surface area contributed by atoms with Crippen LogP contribution in [0.15, 0.2) is 0 Å². The van der Waals surface area contributed by atoms with Crippen LogP contribution in [-0.2, 0) is 4.79 Å². The maximum atomic E-state index is 11.6. The van der Waals surface area contributed by atoms with Gasteiger partial charge in [-0.15, -0.1) is 0 Å². The fraction of sp³-hybridized carbons (Fsp3) is 0.900. The van der Waals surface area contributed by atoms with E-state index in [0.29, 0.717) is 11.8 Å². The van der Waals surface area contributed by atoms with Gasteiger partial charge >= 0.3 is 0 Å². The highest BCUT2D eigenvalue weighted by molar-refractivity contribution is 5.80. The van der Waals surface area contributed by atoms with Gasteiger partial charge in [0.15, 0.2) is 0 Å². The molecule has 0 N–H and O–H groups in total. The lowest BCUT2D eigenvalue weighted by atomic mass is 9.97. The van der Waals surface area contributed by atoms with E-state index in [0.717, 1.165) is 38.8 Å². The van der Waals surface area contributed by atoms with Crippen LogP contribution < -0.4 is 0 Å². The van der Waals surface area contributed by atoms with Crippen LogP contribution in [0, 0.1) is 5.92 Å². The molecule has 0 radical (unpaired) electrons. The molecule has 0 atom stereocenters. The summed E-state index contributed by atoms with van der Waals surface area (Å²) in [6, 6.07) is 0. The first kappa shape index (κ1) is 9.56. The molecule has 1 aliphatic heterocycles. The van der Waals surface area contributed by atoms with Crippen molar-refractivity contribution in [2.24, 2.45) is 5.92 Å². The summed E-state index contributed by atoms with van der Waals surface area (Å²) in [5, 5.41) is 0. The van der Waals surface area contributed by atoms with Crippen molar-refractivity contribution in [1.29, 1.82) is 0 Å². The van der Waals surface area contributed by atoms with E-state index in [2.05, 4.69) is 13.8 Å². The first-order valence-electron chi connectivity index (χ1n) is 5.08. The largest absolute Gasteiger partial charge is 0.339 e. The number of hydrogen-bond acceptors (Lipinski definition) is 1. The minimum Gasteiger partial charge on any atom is -0.339 e. The average Bonchev–Trinajstić information content (AvgIpc) is 2.85. The molecule has 2 nitrogen and oxygen atoms in total. The minimum absolute atomic E-state index is 0.322. The van der Waals surface area contributed by atoms with E-state index in [-0.39, 0.29) is 0 Å². The molecule has 0 spiro atoms. The molecular weight excluding hydrogens is 150 g/mol. The molecule has 70 valence electrons. The quantitative estimate of drug-likeness (QED) is 0.577. The Hall–Kier alpha value is -0.530. The Morgan fingerprint density at radius 3 is 2.08 bits per heavy atom. The zero-order valence-electron chi connectivity index (χ0n) is 8.18. The highest BCUT2D eigenvalue weighted by atomic mass is 16.2. The van der Waals surface area contributed by atoms with Crippen molar-refractivity contribution in [1.82, 2.24) is 4.90 Å². The molecule has 0 bridgehead atoms. The number of hydrogen-bond donors (Lipinski definition) is 0. The van der Waals surface area contributed by atoms with Gasteiger partial charge in [-0.3, -0.25) is 4.79 Å². The molecule has 12 heavy (non-hydrogen) atoms. The van der Waals surface area contributed by atoms with Gasteiger partial charge in [0.2, 0.25) is 5.91 Å². The zero-order valence-corrected chi connectivity index (χ0v) is 8.18. The number of carbonyl (C=O) groups is 1. The smallest absolute Gasteiger partial charge is 0.225 e. The van der Waals surface area contributed by atoms with Crippen LogP contribution in [0.1, 0.15) is 39.5 Å². The molecular formula is C10H19NO. The lowest BCUT2D eigenvalue weighted by Crippen LogP contribution is -2.21. The van der Waals surface area contributed by atoms with Crippen molar-refractivity contribution in [2.45, 2.75) is 39.5 Å². The van der Waals surface area contributed by atoms with Crippen LogP contribution in [0.5, 0.6) is 0 Å². The second-order valence-electron chi connectivity index (χ2n) is 3.60. The maximum absolute atomic E-state index is 11.6. The summed E-state index contributed by atoms with van der Waals surface area (Å²) in [6.45, 7) is 6.31. The zero-order chi connectivity index (χ0) is 8.97. The molecule has 0 aliphatic carbocycles. The molecule has 2 heteroatoms. The van der Waals surface area contributed by atoms with E-state index in [1.165, 1.54) is 0 Å². The highest BCUT2D eigenvalue weighted by Gasteiger charge is 2.29. The van der Waals surface area contributed by atoms with Crippen LogP contribution in [0.2, 0.25) is 0 Å². The third-order valence-corrected chi connectivity index (χ3v) is 2.38. The SMILES string of the molecule is CCCC(CCC)C(=O)N1CC1. The van der Waals surface area contributed by atoms with Crippen molar-refractivity contribution < 1.29 is 4.79 Å². The normalized spacial score (nSPS) is 15.4. The van der Waals surface area contributed by atoms with Gasteiger partial charge in [-0.05, 0) is 12.8 Å². The lowest BCUT2D eigenvalue weighted by molar-refractivity contribution is -0.130. The third kappa shape index (κ3) is 2.50. The van der Waals surface area contributed by atoms with Gasteiger partial charge < -0.3 is 4.90 Å². The molecule has 1 fully saturated rings. The Balaban J connectivity index is 2.33. The van der Waals surface area contributed by atoms with E-state index in [1.54, 1.807) is 0 Å². The number of rotatable bonds is 5. The number of nitrogens with zero attached hydrogens (tertiary/aromatic N) is 1. The summed E-state index contributed by atoms with van der Waals surface area (Å²) in [6.07, 6.45) is 4.40. The van der Waals surface area contributed by atoms with E-state index in [9.17, 15) is 4.79 Å². The first-order chi connectivity index (χ1) is 5.79. The van der Waals surface area contributed by atoms with Gasteiger partial charge in [0.1, 0.15) is 0 Å². The monoisotopic (exact) mass is 169 g/mol. The van der Waals surface area contributed by atoms with Crippen LogP contribution in [0.4, 0.5) is 0 Å². The van der Waals surface area contributed by atoms with E-state index in [4.69, 9.17) is 0 Å². The van der Waals surface area contributed by atoms with Crippen molar-refractivity contribution >= 4 is 5.91 Å². The molecule has 0 aromatic heterocycles. The van der Waals surface area contributed by atoms with Gasteiger partial charge in [0.05, 0.1) is 0 Å². The Kier molecular flexibility index (Phi) is 3.57. The van der Waals surface area contributed by atoms with Gasteiger partial charge in [-0.25, -0.2) is 0 Å². The van der Waals surface area contributed by atoms with Crippen LogP contribution in [0.25, 0.3) is 0 Å². The van der Waals surface area contributed by atoms with E-state index < -0.39 is 0 Å². The van der Waals surface area contributed by atoms with E-state index >= 15 is 0 Å². The third-order valence-electron chi connectivity index (χ3n) is 2.38. The first-order valence-corrected chi connectivity index (χ1v) is 5.08. The van der Waals surface area contributed by atoms with Crippen LogP contribution in [-0.4, -0.2) is 23.9 Å². The van der Waals surface area contributed by atoms with Crippen molar-refractivity contribution in [2.75, 3.05) is 13.1 Å². The van der Waals surface area contributed by atoms with Crippen molar-refractivity contribution in [3.05, 3.63) is 0 Å². The fourth-order valence-electron chi connectivity index (χ4n) is 1.62. The fourth-order valence-corrected chi connectivity index (χ4v) is 1.62. The van der Waals surface area contributed by atoms with Gasteiger partial charge in [-0.1, -0.05) is 26.7 Å². The second kappa shape index (κ2) is 4.48. The van der Waals surface area contributed by atoms with Gasteiger partial charge in [-0.2, -0.15) is 0 Å². The molecule has 0 aromatic carbocycles. The summed E-state index contributed by atoms with van der Waals surface area (Å²) >= 11 is 0. The Morgan fingerprint density at radius 1 is 1.25 bits per heavy atom. The highest BCUT2D eigenvalue weighted by Crippen LogP contribution is 2.19. The van der Waals surface area contributed by atoms with Gasteiger partial charge in [0.25, 0.3) is 0 Å². The average molecular weight is 169 g/mol. The topological polar surface area (TPSA) is 20.1 Å². The molecule has 0 saturated carbocycles. The summed E-state index contributed by atoms with van der Waals surface area (Å²) in [5.74, 6) is 0.723. The summed E-state index contributed by atoms with van der Waals surface area (Å²) in [4.78, 5) is 13.6. The van der Waals surface area contributed by atoms with Crippen molar-refractivity contribution in [3.8, 4) is 0 Å². The standard InChI is InChI=1S/C10H19NO/c1-3-5-9(6-4-2)10(12)11-7-8-11/h9H,3-8H2,1-2H3. The second-order valence-corrected chi connectivity index (χ2v) is 3.60. The summed E-state index contributed by atoms with van der Waals surface area (Å²) in [7, 11) is 0. The summed E-state index contributed by atoms with van der Waals surface area (Å²) < 4.78 is 0. The predicted octanol–water partition coefficient (Wildman–Crippen LogP) is 2.04. The molecule has 0 unspecified atom stereocenters. The maximum Gasteiger partial charge on any atom is 0.225 e. The Bertz CT molecular complexity index is 146. The van der Waals surface area contributed by atoms with Crippen LogP contribution >= 0.6 is 0 Å². The molecule has 1 aliphatic rings. The van der Waals surface area contributed by atoms with Crippen LogP contribution in [0.3, 0.4) is 0 Å². The van der Waals surface area contributed by atoms with E-state index in [1.807, 2.05) is 4.90 Å². The molecule has 1 heterocycles. The molecule has 1 rings (SSSR count). The molecule has 1 amide bonds. The van der Waals surface area contributed by atoms with Crippen molar-refractivity contribution in [3.63, 3.8) is 0 Å². The predicted molar refractivity (Wildman–Crippen MR) is 49.9 cm³/mol. The molecule has 0 aromatic rings. The number of carbonyl (C=O) groups excluding carboxylic acids is 1. The summed E-state index contributed by atoms with van der Waals surface area (Å²) in [5.41, 5.74) is 0.